The Morgan fingerprint density at radius 3 is 3.00 bits per heavy atom. The molecule has 0 saturated carbocycles. The minimum absolute atomic E-state index is 0.170. The highest BCUT2D eigenvalue weighted by molar-refractivity contribution is 14.1. The summed E-state index contributed by atoms with van der Waals surface area (Å²) in [4.78, 5) is 15.3. The van der Waals surface area contributed by atoms with Gasteiger partial charge in [-0.1, -0.05) is 0 Å². The Kier molecular flexibility index (Phi) is 3.66. The van der Waals surface area contributed by atoms with E-state index in [4.69, 9.17) is 15.6 Å². The quantitative estimate of drug-likeness (QED) is 0.593. The number of rotatable bonds is 2. The van der Waals surface area contributed by atoms with Crippen molar-refractivity contribution in [2.75, 3.05) is 12.3 Å². The summed E-state index contributed by atoms with van der Waals surface area (Å²) < 4.78 is 7.27. The van der Waals surface area contributed by atoms with E-state index >= 15 is 0 Å². The van der Waals surface area contributed by atoms with Crippen LogP contribution in [-0.4, -0.2) is 38.6 Å². The molecule has 0 aromatic carbocycles. The van der Waals surface area contributed by atoms with Crippen molar-refractivity contribution in [2.45, 2.75) is 24.9 Å². The average Bonchev–Trinajstić information content (AvgIpc) is 2.65. The zero-order valence-corrected chi connectivity index (χ0v) is 10.9. The van der Waals surface area contributed by atoms with Gasteiger partial charge in [-0.2, -0.15) is 4.98 Å². The highest BCUT2D eigenvalue weighted by Crippen LogP contribution is 2.27. The fourth-order valence-electron chi connectivity index (χ4n) is 1.71. The third-order valence-electron chi connectivity index (χ3n) is 2.63. The molecule has 4 N–H and O–H groups in total. The van der Waals surface area contributed by atoms with Gasteiger partial charge in [-0.15, -0.1) is 0 Å². The van der Waals surface area contributed by atoms with Gasteiger partial charge in [-0.3, -0.25) is 4.57 Å². The summed E-state index contributed by atoms with van der Waals surface area (Å²) in [6, 6.07) is 0. The Balaban J connectivity index is 2.30. The van der Waals surface area contributed by atoms with Gasteiger partial charge in [0.15, 0.2) is 0 Å². The van der Waals surface area contributed by atoms with Gasteiger partial charge in [0.25, 0.3) is 0 Å². The number of aromatic nitrogens is 2. The molecule has 1 aliphatic rings. The molecule has 0 bridgehead atoms. The maximum absolute atomic E-state index is 11.6. The van der Waals surface area contributed by atoms with Gasteiger partial charge in [0.1, 0.15) is 18.1 Å². The third kappa shape index (κ3) is 2.44. The van der Waals surface area contributed by atoms with Gasteiger partial charge in [0, 0.05) is 12.6 Å². The van der Waals surface area contributed by atoms with Crippen LogP contribution in [0.25, 0.3) is 0 Å². The molecule has 2 heterocycles. The molecular formula is C9H12IN3O4. The normalized spacial score (nSPS) is 28.5. The average molecular weight is 353 g/mol. The third-order valence-corrected chi connectivity index (χ3v) is 3.46. The standard InChI is InChI=1S/C9H12IN3O4/c10-4-2-13(9(16)12-8(4)11)7-1-5(15)6(3-14)17-7/h2,5-7,14-15H,1,3H2,(H2,11,12,16). The molecule has 0 radical (unpaired) electrons. The molecule has 8 heteroatoms. The van der Waals surface area contributed by atoms with Crippen molar-refractivity contribution in [3.8, 4) is 0 Å². The largest absolute Gasteiger partial charge is 0.394 e. The van der Waals surface area contributed by atoms with Crippen molar-refractivity contribution in [3.63, 3.8) is 0 Å². The zero-order chi connectivity index (χ0) is 12.6. The lowest BCUT2D eigenvalue weighted by atomic mass is 10.2. The number of hydrogen-bond acceptors (Lipinski definition) is 6. The number of nitrogens with zero attached hydrogens (tertiary/aromatic N) is 2. The van der Waals surface area contributed by atoms with Crippen molar-refractivity contribution in [3.05, 3.63) is 20.3 Å². The fraction of sp³-hybridized carbons (Fsp3) is 0.556. The molecule has 1 fully saturated rings. The summed E-state index contributed by atoms with van der Waals surface area (Å²) >= 11 is 1.96. The Bertz CT molecular complexity index is 478. The number of anilines is 1. The lowest BCUT2D eigenvalue weighted by Crippen LogP contribution is -2.28. The summed E-state index contributed by atoms with van der Waals surface area (Å²) in [5.74, 6) is 0.170. The highest BCUT2D eigenvalue weighted by atomic mass is 127. The van der Waals surface area contributed by atoms with E-state index in [0.29, 0.717) is 3.57 Å². The predicted octanol–water partition coefficient (Wildman–Crippen LogP) is -0.929. The minimum Gasteiger partial charge on any atom is -0.394 e. The van der Waals surface area contributed by atoms with Crippen LogP contribution >= 0.6 is 22.6 Å². The second-order valence-corrected chi connectivity index (χ2v) is 4.94. The molecule has 3 unspecified atom stereocenters. The summed E-state index contributed by atoms with van der Waals surface area (Å²) in [5.41, 5.74) is 4.98. The molecule has 1 aromatic heterocycles. The Morgan fingerprint density at radius 2 is 2.41 bits per heavy atom. The summed E-state index contributed by atoms with van der Waals surface area (Å²) in [5, 5.41) is 18.5. The van der Waals surface area contributed by atoms with Crippen LogP contribution in [0, 0.1) is 3.57 Å². The number of aliphatic hydroxyl groups excluding tert-OH is 2. The molecular weight excluding hydrogens is 341 g/mol. The number of aliphatic hydroxyl groups is 2. The summed E-state index contributed by atoms with van der Waals surface area (Å²) in [7, 11) is 0. The van der Waals surface area contributed by atoms with E-state index < -0.39 is 24.1 Å². The van der Waals surface area contributed by atoms with Crippen LogP contribution in [0.5, 0.6) is 0 Å². The van der Waals surface area contributed by atoms with Crippen LogP contribution < -0.4 is 11.4 Å². The number of nitrogen functional groups attached to an aromatic ring is 1. The molecule has 0 amide bonds. The van der Waals surface area contributed by atoms with E-state index in [9.17, 15) is 9.90 Å². The molecule has 17 heavy (non-hydrogen) atoms. The van der Waals surface area contributed by atoms with Gasteiger partial charge in [0.2, 0.25) is 0 Å². The van der Waals surface area contributed by atoms with Gasteiger partial charge < -0.3 is 20.7 Å². The van der Waals surface area contributed by atoms with E-state index in [-0.39, 0.29) is 18.8 Å². The number of ether oxygens (including phenoxy) is 1. The fourth-order valence-corrected chi connectivity index (χ4v) is 2.13. The minimum atomic E-state index is -0.785. The van der Waals surface area contributed by atoms with E-state index in [0.717, 1.165) is 0 Å². The van der Waals surface area contributed by atoms with Crippen LogP contribution in [0.1, 0.15) is 12.6 Å². The van der Waals surface area contributed by atoms with Crippen molar-refractivity contribution in [1.82, 2.24) is 9.55 Å². The van der Waals surface area contributed by atoms with Crippen LogP contribution in [0.4, 0.5) is 5.82 Å². The predicted molar refractivity (Wildman–Crippen MR) is 67.2 cm³/mol. The molecule has 7 nitrogen and oxygen atoms in total. The van der Waals surface area contributed by atoms with Crippen LogP contribution in [0.2, 0.25) is 0 Å². The first kappa shape index (κ1) is 12.7. The van der Waals surface area contributed by atoms with E-state index in [1.54, 1.807) is 0 Å². The van der Waals surface area contributed by atoms with Crippen molar-refractivity contribution in [1.29, 1.82) is 0 Å². The first-order valence-corrected chi connectivity index (χ1v) is 6.09. The zero-order valence-electron chi connectivity index (χ0n) is 8.78. The lowest BCUT2D eigenvalue weighted by Gasteiger charge is -2.14. The molecule has 94 valence electrons. The number of hydrogen-bond donors (Lipinski definition) is 3. The molecule has 1 aromatic rings. The van der Waals surface area contributed by atoms with Gasteiger partial charge in [-0.25, -0.2) is 4.79 Å². The van der Waals surface area contributed by atoms with Crippen LogP contribution in [0.3, 0.4) is 0 Å². The molecule has 0 spiro atoms. The number of nitrogens with two attached hydrogens (primary N) is 1. The second kappa shape index (κ2) is 4.88. The Morgan fingerprint density at radius 1 is 1.71 bits per heavy atom. The Hall–Kier alpha value is -0.710. The Labute approximate surface area is 110 Å². The van der Waals surface area contributed by atoms with Crippen molar-refractivity contribution < 1.29 is 14.9 Å². The molecule has 0 aliphatic carbocycles. The summed E-state index contributed by atoms with van der Waals surface area (Å²) in [6.45, 7) is -0.286. The molecule has 3 atom stereocenters. The van der Waals surface area contributed by atoms with Crippen molar-refractivity contribution >= 4 is 28.4 Å². The van der Waals surface area contributed by atoms with Crippen LogP contribution in [-0.2, 0) is 4.74 Å². The first-order valence-electron chi connectivity index (χ1n) is 5.01. The van der Waals surface area contributed by atoms with Gasteiger partial charge in [-0.05, 0) is 22.6 Å². The van der Waals surface area contributed by atoms with E-state index in [2.05, 4.69) is 4.98 Å². The maximum atomic E-state index is 11.6. The lowest BCUT2D eigenvalue weighted by molar-refractivity contribution is -0.0459. The van der Waals surface area contributed by atoms with Crippen LogP contribution in [0.15, 0.2) is 11.0 Å². The summed E-state index contributed by atoms with van der Waals surface area (Å²) in [6.07, 6.45) is -0.291. The van der Waals surface area contributed by atoms with E-state index in [1.807, 2.05) is 22.6 Å². The topological polar surface area (TPSA) is 111 Å². The van der Waals surface area contributed by atoms with Gasteiger partial charge in [0.05, 0.1) is 16.3 Å². The molecule has 1 aliphatic heterocycles. The van der Waals surface area contributed by atoms with Gasteiger partial charge >= 0.3 is 5.69 Å². The molecule has 1 saturated heterocycles. The monoisotopic (exact) mass is 353 g/mol. The number of halogens is 1. The molecule has 2 rings (SSSR count). The van der Waals surface area contributed by atoms with E-state index in [1.165, 1.54) is 10.8 Å². The smallest absolute Gasteiger partial charge is 0.351 e. The second-order valence-electron chi connectivity index (χ2n) is 3.78. The SMILES string of the molecule is Nc1nc(=O)n(C2CC(O)C(CO)O2)cc1I. The highest BCUT2D eigenvalue weighted by Gasteiger charge is 2.35. The van der Waals surface area contributed by atoms with Crippen molar-refractivity contribution in [2.24, 2.45) is 0 Å². The maximum Gasteiger partial charge on any atom is 0.351 e. The first-order chi connectivity index (χ1) is 8.02.